The molecule has 6 heteroatoms. The predicted octanol–water partition coefficient (Wildman–Crippen LogP) is 1.03. The van der Waals surface area contributed by atoms with Gasteiger partial charge in [0.25, 0.3) is 0 Å². The monoisotopic (exact) mass is 310 g/mol. The Morgan fingerprint density at radius 1 is 1.29 bits per heavy atom. The number of hydrogen-bond donors (Lipinski definition) is 1. The number of piperidine rings is 1. The zero-order chi connectivity index (χ0) is 15.0. The molecule has 0 saturated carbocycles. The average Bonchev–Trinajstić information content (AvgIpc) is 2.87. The molecule has 1 N–H and O–H groups in total. The molecule has 0 aromatic heterocycles. The van der Waals surface area contributed by atoms with Gasteiger partial charge in [-0.25, -0.2) is 8.42 Å². The van der Waals surface area contributed by atoms with Crippen LogP contribution in [0.15, 0.2) is 24.3 Å². The van der Waals surface area contributed by atoms with E-state index in [1.54, 1.807) is 11.4 Å². The molecule has 0 spiro atoms. The molecule has 0 bridgehead atoms. The summed E-state index contributed by atoms with van der Waals surface area (Å²) in [5.41, 5.74) is 1.20. The quantitative estimate of drug-likeness (QED) is 0.906. The van der Waals surface area contributed by atoms with Gasteiger partial charge in [0, 0.05) is 25.0 Å². The van der Waals surface area contributed by atoms with E-state index in [1.165, 1.54) is 11.8 Å². The molecule has 0 radical (unpaired) electrons. The van der Waals surface area contributed by atoms with Crippen molar-refractivity contribution in [3.8, 4) is 5.75 Å². The van der Waals surface area contributed by atoms with E-state index in [1.807, 2.05) is 12.1 Å². The number of hydrogen-bond acceptors (Lipinski definition) is 4. The molecule has 1 aromatic rings. The summed E-state index contributed by atoms with van der Waals surface area (Å²) >= 11 is 0. The Balaban J connectivity index is 1.90. The Bertz CT molecular complexity index is 600. The van der Waals surface area contributed by atoms with Crippen LogP contribution in [-0.4, -0.2) is 51.8 Å². The van der Waals surface area contributed by atoms with Gasteiger partial charge in [-0.05, 0) is 36.6 Å². The van der Waals surface area contributed by atoms with Crippen molar-refractivity contribution >= 4 is 10.0 Å². The molecule has 0 unspecified atom stereocenters. The fourth-order valence-electron chi connectivity index (χ4n) is 3.69. The highest BCUT2D eigenvalue weighted by molar-refractivity contribution is 7.88. The Morgan fingerprint density at radius 3 is 2.62 bits per heavy atom. The molecule has 116 valence electrons. The van der Waals surface area contributed by atoms with Crippen molar-refractivity contribution in [2.75, 3.05) is 33.0 Å². The van der Waals surface area contributed by atoms with E-state index in [-0.39, 0.29) is 12.0 Å². The molecule has 0 aliphatic carbocycles. The summed E-state index contributed by atoms with van der Waals surface area (Å²) in [6.07, 6.45) is 2.22. The highest BCUT2D eigenvalue weighted by atomic mass is 32.2. The fraction of sp³-hybridized carbons (Fsp3) is 0.600. The van der Waals surface area contributed by atoms with Gasteiger partial charge < -0.3 is 10.1 Å². The van der Waals surface area contributed by atoms with Crippen LogP contribution in [0, 0.1) is 5.92 Å². The van der Waals surface area contributed by atoms with Gasteiger partial charge in [-0.3, -0.25) is 0 Å². The summed E-state index contributed by atoms with van der Waals surface area (Å²) in [4.78, 5) is 0. The van der Waals surface area contributed by atoms with E-state index in [2.05, 4.69) is 17.4 Å². The van der Waals surface area contributed by atoms with E-state index < -0.39 is 10.0 Å². The third-order valence-corrected chi connectivity index (χ3v) is 6.00. The lowest BCUT2D eigenvalue weighted by Crippen LogP contribution is -2.45. The number of sulfonamides is 1. The van der Waals surface area contributed by atoms with Crippen LogP contribution in [0.1, 0.15) is 17.9 Å². The highest BCUT2D eigenvalue weighted by Crippen LogP contribution is 2.41. The minimum atomic E-state index is -3.15. The summed E-state index contributed by atoms with van der Waals surface area (Å²) in [5.74, 6) is 1.43. The first-order chi connectivity index (χ1) is 10.0. The van der Waals surface area contributed by atoms with Crippen molar-refractivity contribution in [2.45, 2.75) is 18.4 Å². The van der Waals surface area contributed by atoms with Crippen molar-refractivity contribution in [1.82, 2.24) is 9.62 Å². The van der Waals surface area contributed by atoms with E-state index in [0.717, 1.165) is 25.3 Å². The molecule has 1 aromatic carbocycles. The van der Waals surface area contributed by atoms with E-state index in [9.17, 15) is 8.42 Å². The zero-order valence-corrected chi connectivity index (χ0v) is 13.3. The van der Waals surface area contributed by atoms with Crippen LogP contribution in [-0.2, 0) is 10.0 Å². The van der Waals surface area contributed by atoms with Crippen LogP contribution in [0.2, 0.25) is 0 Å². The van der Waals surface area contributed by atoms with Crippen molar-refractivity contribution in [3.05, 3.63) is 29.8 Å². The van der Waals surface area contributed by atoms with Crippen LogP contribution in [0.25, 0.3) is 0 Å². The second-order valence-corrected chi connectivity index (χ2v) is 7.87. The molecular weight excluding hydrogens is 288 g/mol. The summed E-state index contributed by atoms with van der Waals surface area (Å²) in [5, 5.41) is 3.40. The fourth-order valence-corrected chi connectivity index (χ4v) is 4.87. The molecule has 5 nitrogen and oxygen atoms in total. The Hall–Kier alpha value is -1.11. The summed E-state index contributed by atoms with van der Waals surface area (Å²) in [7, 11) is -1.50. The van der Waals surface area contributed by atoms with Crippen molar-refractivity contribution < 1.29 is 13.2 Å². The average molecular weight is 310 g/mol. The van der Waals surface area contributed by atoms with Gasteiger partial charge in [0.2, 0.25) is 10.0 Å². The van der Waals surface area contributed by atoms with E-state index >= 15 is 0 Å². The maximum Gasteiger partial charge on any atom is 0.211 e. The molecule has 2 aliphatic heterocycles. The number of nitrogens with zero attached hydrogens (tertiary/aromatic N) is 1. The Morgan fingerprint density at radius 2 is 2.00 bits per heavy atom. The number of methoxy groups -OCH3 is 1. The van der Waals surface area contributed by atoms with Gasteiger partial charge in [0.1, 0.15) is 5.75 Å². The molecule has 3 rings (SSSR count). The molecular formula is C15H22N2O3S. The highest BCUT2D eigenvalue weighted by Gasteiger charge is 2.46. The minimum absolute atomic E-state index is 0.133. The van der Waals surface area contributed by atoms with Gasteiger partial charge in [0.05, 0.1) is 13.4 Å². The van der Waals surface area contributed by atoms with Crippen molar-refractivity contribution in [2.24, 2.45) is 5.92 Å². The normalized spacial score (nSPS) is 30.1. The smallest absolute Gasteiger partial charge is 0.211 e. The minimum Gasteiger partial charge on any atom is -0.497 e. The number of fused-ring (bicyclic) bond motifs is 1. The molecule has 2 saturated heterocycles. The molecule has 2 heterocycles. The lowest BCUT2D eigenvalue weighted by atomic mass is 9.82. The predicted molar refractivity (Wildman–Crippen MR) is 82.0 cm³/mol. The lowest BCUT2D eigenvalue weighted by Gasteiger charge is -2.32. The van der Waals surface area contributed by atoms with E-state index in [4.69, 9.17) is 4.74 Å². The summed E-state index contributed by atoms with van der Waals surface area (Å²) in [6.45, 7) is 2.36. The van der Waals surface area contributed by atoms with Gasteiger partial charge in [-0.2, -0.15) is 4.31 Å². The molecule has 3 atom stereocenters. The van der Waals surface area contributed by atoms with Crippen LogP contribution >= 0.6 is 0 Å². The second kappa shape index (κ2) is 5.59. The third kappa shape index (κ3) is 2.80. The topological polar surface area (TPSA) is 58.6 Å². The van der Waals surface area contributed by atoms with Crippen molar-refractivity contribution in [3.63, 3.8) is 0 Å². The van der Waals surface area contributed by atoms with Gasteiger partial charge in [-0.1, -0.05) is 12.1 Å². The second-order valence-electron chi connectivity index (χ2n) is 5.94. The zero-order valence-electron chi connectivity index (χ0n) is 12.5. The molecule has 2 aliphatic rings. The first kappa shape index (κ1) is 14.8. The third-order valence-electron chi connectivity index (χ3n) is 4.72. The number of benzene rings is 1. The number of nitrogens with one attached hydrogen (secondary N) is 1. The van der Waals surface area contributed by atoms with E-state index in [0.29, 0.717) is 12.5 Å². The summed E-state index contributed by atoms with van der Waals surface area (Å²) < 4.78 is 31.0. The van der Waals surface area contributed by atoms with Crippen LogP contribution < -0.4 is 10.1 Å². The van der Waals surface area contributed by atoms with Crippen LogP contribution in [0.4, 0.5) is 0 Å². The first-order valence-electron chi connectivity index (χ1n) is 7.32. The summed E-state index contributed by atoms with van der Waals surface area (Å²) in [6, 6.07) is 8.14. The largest absolute Gasteiger partial charge is 0.497 e. The number of rotatable bonds is 3. The maximum absolute atomic E-state index is 12.1. The van der Waals surface area contributed by atoms with Gasteiger partial charge >= 0.3 is 0 Å². The Kier molecular flexibility index (Phi) is 3.94. The molecule has 21 heavy (non-hydrogen) atoms. The van der Waals surface area contributed by atoms with Crippen LogP contribution in [0.3, 0.4) is 0 Å². The van der Waals surface area contributed by atoms with Crippen LogP contribution in [0.5, 0.6) is 5.75 Å². The maximum atomic E-state index is 12.1. The number of ether oxygens (including phenoxy) is 1. The van der Waals surface area contributed by atoms with Gasteiger partial charge in [-0.15, -0.1) is 0 Å². The molecule has 0 amide bonds. The lowest BCUT2D eigenvalue weighted by molar-refractivity contribution is 0.269. The molecule has 2 fully saturated rings. The SMILES string of the molecule is COc1ccc([C@H]2CN(S(C)(=O)=O)[C@@H]3CCNC[C@H]23)cc1. The Labute approximate surface area is 126 Å². The standard InChI is InChI=1S/C15H22N2O3S/c1-20-12-5-3-11(4-6-12)14-10-17(21(2,18)19)15-7-8-16-9-13(14)15/h3-6,13-16H,7-10H2,1-2H3/t13-,14-,15-/m1/s1. The first-order valence-corrected chi connectivity index (χ1v) is 9.17. The van der Waals surface area contributed by atoms with Crippen molar-refractivity contribution in [1.29, 1.82) is 0 Å². The van der Waals surface area contributed by atoms with Gasteiger partial charge in [0.15, 0.2) is 0 Å².